The van der Waals surface area contributed by atoms with Gasteiger partial charge in [-0.05, 0) is 49.4 Å². The molecular weight excluding hydrogens is 334 g/mol. The fraction of sp³-hybridized carbons (Fsp3) is 0.235. The highest BCUT2D eigenvalue weighted by molar-refractivity contribution is 7.80. The second kappa shape index (κ2) is 8.60. The highest BCUT2D eigenvalue weighted by Crippen LogP contribution is 2.28. The normalized spacial score (nSPS) is 10.2. The van der Waals surface area contributed by atoms with Gasteiger partial charge in [-0.15, -0.1) is 0 Å². The van der Waals surface area contributed by atoms with Crippen LogP contribution in [0.25, 0.3) is 0 Å². The van der Waals surface area contributed by atoms with Crippen LogP contribution in [-0.4, -0.2) is 24.8 Å². The molecule has 2 aromatic carbocycles. The van der Waals surface area contributed by atoms with Crippen LogP contribution in [0.2, 0.25) is 5.02 Å². The second-order valence-corrected chi connectivity index (χ2v) is 5.49. The molecule has 0 aliphatic carbocycles. The maximum Gasteiger partial charge on any atom is 0.161 e. The van der Waals surface area contributed by atoms with Gasteiger partial charge >= 0.3 is 0 Å². The monoisotopic (exact) mass is 351 g/mol. The van der Waals surface area contributed by atoms with Crippen LogP contribution in [-0.2, 0) is 0 Å². The Bertz CT molecular complexity index is 661. The maximum atomic E-state index is 5.82. The first-order valence-electron chi connectivity index (χ1n) is 7.18. The van der Waals surface area contributed by atoms with E-state index in [0.717, 1.165) is 11.3 Å². The minimum absolute atomic E-state index is 0.323. The number of hydrogen-bond donors (Lipinski definition) is 1. The SMILES string of the molecule is CCOc1cc(C(N)=S)ccc1OCCOc1ccc(Cl)cc1. The molecule has 2 rings (SSSR count). The molecule has 4 nitrogen and oxygen atoms in total. The van der Waals surface area contributed by atoms with Crippen molar-refractivity contribution in [1.82, 2.24) is 0 Å². The van der Waals surface area contributed by atoms with Crippen LogP contribution in [0.1, 0.15) is 12.5 Å². The van der Waals surface area contributed by atoms with E-state index in [2.05, 4.69) is 0 Å². The second-order valence-electron chi connectivity index (χ2n) is 4.61. The topological polar surface area (TPSA) is 53.7 Å². The molecule has 0 saturated heterocycles. The largest absolute Gasteiger partial charge is 0.490 e. The Labute approximate surface area is 146 Å². The average molecular weight is 352 g/mol. The highest BCUT2D eigenvalue weighted by atomic mass is 35.5. The van der Waals surface area contributed by atoms with E-state index >= 15 is 0 Å². The van der Waals surface area contributed by atoms with Crippen LogP contribution in [0, 0.1) is 0 Å². The minimum Gasteiger partial charge on any atom is -0.490 e. The molecule has 0 aliphatic heterocycles. The summed E-state index contributed by atoms with van der Waals surface area (Å²) in [5.74, 6) is 1.99. The van der Waals surface area contributed by atoms with Crippen molar-refractivity contribution in [3.8, 4) is 17.2 Å². The molecule has 0 saturated carbocycles. The Balaban J connectivity index is 1.91. The van der Waals surface area contributed by atoms with Crippen LogP contribution in [0.5, 0.6) is 17.2 Å². The summed E-state index contributed by atoms with van der Waals surface area (Å²) in [5, 5.41) is 0.674. The van der Waals surface area contributed by atoms with Gasteiger partial charge in [-0.3, -0.25) is 0 Å². The Kier molecular flexibility index (Phi) is 6.50. The first-order chi connectivity index (χ1) is 11.1. The van der Waals surface area contributed by atoms with E-state index in [-0.39, 0.29) is 0 Å². The molecule has 2 N–H and O–H groups in total. The summed E-state index contributed by atoms with van der Waals surface area (Å²) in [5.41, 5.74) is 6.37. The summed E-state index contributed by atoms with van der Waals surface area (Å²) in [6, 6.07) is 12.6. The van der Waals surface area contributed by atoms with Crippen molar-refractivity contribution in [2.75, 3.05) is 19.8 Å². The zero-order valence-electron chi connectivity index (χ0n) is 12.8. The summed E-state index contributed by atoms with van der Waals surface area (Å²) in [4.78, 5) is 0.323. The Morgan fingerprint density at radius 3 is 2.35 bits per heavy atom. The zero-order chi connectivity index (χ0) is 16.7. The van der Waals surface area contributed by atoms with Crippen LogP contribution < -0.4 is 19.9 Å². The lowest BCUT2D eigenvalue weighted by atomic mass is 10.2. The molecule has 0 bridgehead atoms. The molecule has 0 heterocycles. The number of thiocarbonyl (C=S) groups is 1. The number of hydrogen-bond acceptors (Lipinski definition) is 4. The maximum absolute atomic E-state index is 5.82. The predicted molar refractivity (Wildman–Crippen MR) is 95.9 cm³/mol. The molecule has 6 heteroatoms. The van der Waals surface area contributed by atoms with Crippen molar-refractivity contribution in [1.29, 1.82) is 0 Å². The van der Waals surface area contributed by atoms with Crippen molar-refractivity contribution in [3.63, 3.8) is 0 Å². The third-order valence-corrected chi connectivity index (χ3v) is 3.44. The standard InChI is InChI=1S/C17H18ClNO3S/c1-2-20-16-11-12(17(19)23)3-8-15(16)22-10-9-21-14-6-4-13(18)5-7-14/h3-8,11H,2,9-10H2,1H3,(H2,19,23). The molecule has 0 atom stereocenters. The summed E-state index contributed by atoms with van der Waals surface area (Å²) >= 11 is 10.8. The van der Waals surface area contributed by atoms with Gasteiger partial charge in [0.05, 0.1) is 6.61 Å². The summed E-state index contributed by atoms with van der Waals surface area (Å²) in [6.07, 6.45) is 0. The van der Waals surface area contributed by atoms with E-state index in [1.807, 2.05) is 19.1 Å². The van der Waals surface area contributed by atoms with Gasteiger partial charge in [-0.2, -0.15) is 0 Å². The molecule has 122 valence electrons. The lowest BCUT2D eigenvalue weighted by Gasteiger charge is -2.13. The van der Waals surface area contributed by atoms with Crippen LogP contribution >= 0.6 is 23.8 Å². The van der Waals surface area contributed by atoms with Crippen LogP contribution in [0.15, 0.2) is 42.5 Å². The molecule has 0 unspecified atom stereocenters. The van der Waals surface area contributed by atoms with E-state index in [0.29, 0.717) is 41.3 Å². The fourth-order valence-electron chi connectivity index (χ4n) is 1.89. The van der Waals surface area contributed by atoms with E-state index in [1.54, 1.807) is 30.3 Å². The lowest BCUT2D eigenvalue weighted by Crippen LogP contribution is -2.12. The number of benzene rings is 2. The predicted octanol–water partition coefficient (Wildman–Crippen LogP) is 3.83. The summed E-state index contributed by atoms with van der Waals surface area (Å²) in [6.45, 7) is 3.22. The minimum atomic E-state index is 0.323. The molecular formula is C17H18ClNO3S. The molecule has 0 spiro atoms. The van der Waals surface area contributed by atoms with Crippen molar-refractivity contribution in [3.05, 3.63) is 53.1 Å². The third kappa shape index (κ3) is 5.30. The highest BCUT2D eigenvalue weighted by Gasteiger charge is 2.08. The van der Waals surface area contributed by atoms with E-state index in [9.17, 15) is 0 Å². The molecule has 2 aromatic rings. The van der Waals surface area contributed by atoms with Crippen molar-refractivity contribution in [2.45, 2.75) is 6.92 Å². The number of rotatable bonds is 8. The Morgan fingerprint density at radius 1 is 1.00 bits per heavy atom. The first-order valence-corrected chi connectivity index (χ1v) is 7.96. The van der Waals surface area contributed by atoms with Crippen molar-refractivity contribution < 1.29 is 14.2 Å². The molecule has 23 heavy (non-hydrogen) atoms. The average Bonchev–Trinajstić information content (AvgIpc) is 2.54. The van der Waals surface area contributed by atoms with Crippen molar-refractivity contribution >= 4 is 28.8 Å². The van der Waals surface area contributed by atoms with Gasteiger partial charge in [-0.1, -0.05) is 23.8 Å². The van der Waals surface area contributed by atoms with Gasteiger partial charge in [0.1, 0.15) is 24.0 Å². The van der Waals surface area contributed by atoms with E-state index in [4.69, 9.17) is 43.8 Å². The van der Waals surface area contributed by atoms with E-state index in [1.165, 1.54) is 0 Å². The van der Waals surface area contributed by atoms with Crippen molar-refractivity contribution in [2.24, 2.45) is 5.73 Å². The summed E-state index contributed by atoms with van der Waals surface area (Å²) in [7, 11) is 0. The molecule has 0 aliphatic rings. The first kappa shape index (κ1) is 17.4. The molecule has 0 amide bonds. The van der Waals surface area contributed by atoms with Gasteiger partial charge in [0.25, 0.3) is 0 Å². The van der Waals surface area contributed by atoms with Crippen LogP contribution in [0.4, 0.5) is 0 Å². The Morgan fingerprint density at radius 2 is 1.70 bits per heavy atom. The van der Waals surface area contributed by atoms with E-state index < -0.39 is 0 Å². The molecule has 0 aromatic heterocycles. The molecule has 0 radical (unpaired) electrons. The number of ether oxygens (including phenoxy) is 3. The van der Waals surface area contributed by atoms with Gasteiger partial charge in [0, 0.05) is 10.6 Å². The smallest absolute Gasteiger partial charge is 0.161 e. The van der Waals surface area contributed by atoms with Gasteiger partial charge in [0.2, 0.25) is 0 Å². The third-order valence-electron chi connectivity index (χ3n) is 2.95. The fourth-order valence-corrected chi connectivity index (χ4v) is 2.14. The number of halogens is 1. The lowest BCUT2D eigenvalue weighted by molar-refractivity contribution is 0.208. The van der Waals surface area contributed by atoms with Gasteiger partial charge in [-0.25, -0.2) is 0 Å². The zero-order valence-corrected chi connectivity index (χ0v) is 14.3. The van der Waals surface area contributed by atoms with Gasteiger partial charge < -0.3 is 19.9 Å². The van der Waals surface area contributed by atoms with Gasteiger partial charge in [0.15, 0.2) is 11.5 Å². The number of nitrogens with two attached hydrogens (primary N) is 1. The molecule has 0 fully saturated rings. The quantitative estimate of drug-likeness (QED) is 0.578. The summed E-state index contributed by atoms with van der Waals surface area (Å²) < 4.78 is 16.8. The van der Waals surface area contributed by atoms with Crippen LogP contribution in [0.3, 0.4) is 0 Å². The Hall–Kier alpha value is -1.98.